The normalized spacial score (nSPS) is 10.6. The van der Waals surface area contributed by atoms with Crippen LogP contribution in [0.5, 0.6) is 0 Å². The maximum Gasteiger partial charge on any atom is 0.115 e. The Balaban J connectivity index is 2.72. The smallest absolute Gasteiger partial charge is 0.115 e. The van der Waals surface area contributed by atoms with Crippen molar-refractivity contribution in [1.29, 1.82) is 0 Å². The van der Waals surface area contributed by atoms with E-state index in [1.807, 2.05) is 41.9 Å². The maximum absolute atomic E-state index is 8.95. The van der Waals surface area contributed by atoms with Gasteiger partial charge in [-0.05, 0) is 11.6 Å². The summed E-state index contributed by atoms with van der Waals surface area (Å²) in [5.41, 5.74) is 2.07. The highest BCUT2D eigenvalue weighted by Gasteiger charge is 1.96. The van der Waals surface area contributed by atoms with E-state index >= 15 is 0 Å². The molecule has 0 saturated carbocycles. The van der Waals surface area contributed by atoms with Crippen LogP contribution in [0.4, 0.5) is 0 Å². The number of benzene rings is 1. The quantitative estimate of drug-likeness (QED) is 0.504. The number of aliphatic hydroxyl groups is 1. The third kappa shape index (κ3) is 1.40. The van der Waals surface area contributed by atoms with Gasteiger partial charge in [-0.1, -0.05) is 17.5 Å². The molecule has 2 rings (SSSR count). The van der Waals surface area contributed by atoms with Gasteiger partial charge in [0, 0.05) is 0 Å². The first-order valence-corrected chi connectivity index (χ1v) is 4.21. The molecule has 0 spiro atoms. The van der Waals surface area contributed by atoms with E-state index in [4.69, 9.17) is 5.11 Å². The summed E-state index contributed by atoms with van der Waals surface area (Å²) in [7, 11) is 1.96. The van der Waals surface area contributed by atoms with Gasteiger partial charge in [-0.2, -0.15) is 6.07 Å². The van der Waals surface area contributed by atoms with Gasteiger partial charge >= 0.3 is 0 Å². The molecule has 1 N–H and O–H groups in total. The predicted octanol–water partition coefficient (Wildman–Crippen LogP) is 0.957. The summed E-state index contributed by atoms with van der Waals surface area (Å²) < 4.78 is 1.94. The number of fused-ring (bicyclic) bond motifs is 1. The Morgan fingerprint density at radius 2 is 2.23 bits per heavy atom. The molecule has 0 aliphatic heterocycles. The van der Waals surface area contributed by atoms with E-state index in [2.05, 4.69) is 6.20 Å². The summed E-state index contributed by atoms with van der Waals surface area (Å²) >= 11 is 0. The second-order valence-corrected chi connectivity index (χ2v) is 3.07. The largest absolute Gasteiger partial charge is 0.392 e. The van der Waals surface area contributed by atoms with E-state index in [1.165, 1.54) is 0 Å². The van der Waals surface area contributed by atoms with Crippen LogP contribution >= 0.6 is 0 Å². The molecule has 0 radical (unpaired) electrons. The van der Waals surface area contributed by atoms with Gasteiger partial charge in [0.25, 0.3) is 0 Å². The zero-order chi connectivity index (χ0) is 9.26. The topological polar surface area (TPSA) is 24.1 Å². The van der Waals surface area contributed by atoms with Gasteiger partial charge in [0.2, 0.25) is 0 Å². The molecule has 0 amide bonds. The highest BCUT2D eigenvalue weighted by molar-refractivity contribution is 5.76. The van der Waals surface area contributed by atoms with E-state index < -0.39 is 0 Å². The summed E-state index contributed by atoms with van der Waals surface area (Å²) in [5.74, 6) is 0. The lowest BCUT2D eigenvalue weighted by Gasteiger charge is -2.05. The Morgan fingerprint density at radius 3 is 3.00 bits per heavy atom. The highest BCUT2D eigenvalue weighted by atomic mass is 16.3. The Bertz CT molecular complexity index is 437. The van der Waals surface area contributed by atoms with Crippen molar-refractivity contribution in [3.8, 4) is 0 Å². The summed E-state index contributed by atoms with van der Waals surface area (Å²) in [6.45, 7) is 0.0955. The monoisotopic (exact) mass is 173 g/mol. The first kappa shape index (κ1) is 8.20. The van der Waals surface area contributed by atoms with E-state index in [1.54, 1.807) is 0 Å². The maximum atomic E-state index is 8.95. The molecule has 0 aliphatic carbocycles. The fourth-order valence-electron chi connectivity index (χ4n) is 1.45. The molecule has 66 valence electrons. The van der Waals surface area contributed by atoms with Gasteiger partial charge in [-0.3, -0.25) is 0 Å². The highest BCUT2D eigenvalue weighted by Crippen LogP contribution is 2.11. The zero-order valence-electron chi connectivity index (χ0n) is 7.49. The van der Waals surface area contributed by atoms with Crippen molar-refractivity contribution in [3.05, 3.63) is 42.1 Å². The van der Waals surface area contributed by atoms with Gasteiger partial charge in [-0.25, -0.2) is 0 Å². The molecule has 0 bridgehead atoms. The Morgan fingerprint density at radius 1 is 1.38 bits per heavy atom. The fourth-order valence-corrected chi connectivity index (χ4v) is 1.45. The van der Waals surface area contributed by atoms with Crippen LogP contribution in [-0.2, 0) is 13.7 Å². The van der Waals surface area contributed by atoms with Crippen molar-refractivity contribution in [3.63, 3.8) is 0 Å². The van der Waals surface area contributed by atoms with Crippen LogP contribution in [-0.4, -0.2) is 5.11 Å². The Hall–Kier alpha value is -1.41. The third-order valence-corrected chi connectivity index (χ3v) is 2.17. The van der Waals surface area contributed by atoms with Gasteiger partial charge in [0.05, 0.1) is 6.61 Å². The van der Waals surface area contributed by atoms with Crippen molar-refractivity contribution >= 4 is 10.9 Å². The third-order valence-electron chi connectivity index (χ3n) is 2.17. The standard InChI is InChI=1S/C11H11NO/c1-12-6-2-3-10-7-9(8-13)4-5-11(10)12/h2-5,7,13H,8H2,1H3. The molecule has 0 fully saturated rings. The number of nitrogens with zero attached hydrogens (tertiary/aromatic N) is 1. The first-order chi connectivity index (χ1) is 6.31. The zero-order valence-corrected chi connectivity index (χ0v) is 7.49. The summed E-state index contributed by atoms with van der Waals surface area (Å²) in [5, 5.41) is 10.1. The lowest BCUT2D eigenvalue weighted by atomic mass is 10.1. The lowest BCUT2D eigenvalue weighted by molar-refractivity contribution is -0.649. The first-order valence-electron chi connectivity index (χ1n) is 4.21. The average molecular weight is 173 g/mol. The number of rotatable bonds is 1. The van der Waals surface area contributed by atoms with Gasteiger partial charge in [-0.15, -0.1) is 6.07 Å². The predicted molar refractivity (Wildman–Crippen MR) is 49.9 cm³/mol. The molecular weight excluding hydrogens is 162 g/mol. The minimum Gasteiger partial charge on any atom is -0.392 e. The second-order valence-electron chi connectivity index (χ2n) is 3.07. The van der Waals surface area contributed by atoms with Crippen LogP contribution in [0.2, 0.25) is 0 Å². The molecule has 13 heavy (non-hydrogen) atoms. The van der Waals surface area contributed by atoms with E-state index in [9.17, 15) is 0 Å². The lowest BCUT2D eigenvalue weighted by Crippen LogP contribution is -2.28. The SMILES string of the molecule is C[n+]1[c-]ccc2cc(CO)ccc21. The van der Waals surface area contributed by atoms with E-state index in [0.717, 1.165) is 16.5 Å². The number of aliphatic hydroxyl groups excluding tert-OH is 1. The van der Waals surface area contributed by atoms with Gasteiger partial charge in [0.1, 0.15) is 18.8 Å². The molecule has 0 aliphatic rings. The summed E-state index contributed by atoms with van der Waals surface area (Å²) in [6.07, 6.45) is 3.07. The number of hydrogen-bond donors (Lipinski definition) is 1. The number of pyridine rings is 1. The Kier molecular flexibility index (Phi) is 1.99. The van der Waals surface area contributed by atoms with Crippen molar-refractivity contribution in [2.45, 2.75) is 6.61 Å². The van der Waals surface area contributed by atoms with Crippen LogP contribution in [0.3, 0.4) is 0 Å². The minimum atomic E-state index is 0.0955. The Labute approximate surface area is 77.1 Å². The fraction of sp³-hybridized carbons (Fsp3) is 0.182. The molecular formula is C11H11NO. The second kappa shape index (κ2) is 3.15. The van der Waals surface area contributed by atoms with Crippen molar-refractivity contribution in [2.24, 2.45) is 7.05 Å². The molecule has 1 aromatic carbocycles. The van der Waals surface area contributed by atoms with Crippen LogP contribution < -0.4 is 4.57 Å². The van der Waals surface area contributed by atoms with E-state index in [0.29, 0.717) is 0 Å². The van der Waals surface area contributed by atoms with Crippen LogP contribution in [0.1, 0.15) is 5.56 Å². The molecule has 1 heterocycles. The molecule has 1 aromatic heterocycles. The molecule has 2 heteroatoms. The summed E-state index contributed by atoms with van der Waals surface area (Å²) in [6, 6.07) is 9.79. The molecule has 2 aromatic rings. The average Bonchev–Trinajstić information content (AvgIpc) is 2.18. The van der Waals surface area contributed by atoms with Crippen LogP contribution in [0, 0.1) is 6.20 Å². The van der Waals surface area contributed by atoms with Crippen molar-refractivity contribution in [2.75, 3.05) is 0 Å². The van der Waals surface area contributed by atoms with E-state index in [-0.39, 0.29) is 6.61 Å². The molecule has 0 unspecified atom stereocenters. The molecule has 0 atom stereocenters. The summed E-state index contributed by atoms with van der Waals surface area (Å²) in [4.78, 5) is 0. The van der Waals surface area contributed by atoms with Gasteiger partial charge < -0.3 is 9.67 Å². The minimum absolute atomic E-state index is 0.0955. The molecule has 2 nitrogen and oxygen atoms in total. The van der Waals surface area contributed by atoms with Crippen LogP contribution in [0.25, 0.3) is 10.9 Å². The molecule has 0 saturated heterocycles. The number of aryl methyl sites for hydroxylation is 1. The van der Waals surface area contributed by atoms with Crippen molar-refractivity contribution < 1.29 is 9.67 Å². The van der Waals surface area contributed by atoms with Crippen LogP contribution in [0.15, 0.2) is 30.3 Å². The van der Waals surface area contributed by atoms with Crippen molar-refractivity contribution in [1.82, 2.24) is 0 Å². The van der Waals surface area contributed by atoms with Gasteiger partial charge in [0.15, 0.2) is 0 Å². The number of aromatic nitrogens is 1. The number of hydrogen-bond acceptors (Lipinski definition) is 1.